The van der Waals surface area contributed by atoms with E-state index in [0.29, 0.717) is 0 Å². The summed E-state index contributed by atoms with van der Waals surface area (Å²) in [6.45, 7) is 7.87. The zero-order valence-corrected chi connectivity index (χ0v) is 9.38. The molecule has 2 unspecified atom stereocenters. The zero-order chi connectivity index (χ0) is 10.5. The van der Waals surface area contributed by atoms with Gasteiger partial charge in [-0.05, 0) is 40.3 Å². The van der Waals surface area contributed by atoms with Crippen LogP contribution in [0, 0.1) is 0 Å². The minimum absolute atomic E-state index is 0.108. The summed E-state index contributed by atoms with van der Waals surface area (Å²) in [5, 5.41) is 9.98. The number of hydrogen-bond donors (Lipinski definition) is 1. The van der Waals surface area contributed by atoms with Gasteiger partial charge in [-0.1, -0.05) is 13.0 Å². The highest BCUT2D eigenvalue weighted by Crippen LogP contribution is 2.23. The quantitative estimate of drug-likeness (QED) is 0.640. The summed E-state index contributed by atoms with van der Waals surface area (Å²) in [7, 11) is 4.03. The lowest BCUT2D eigenvalue weighted by molar-refractivity contribution is -0.00175. The maximum Gasteiger partial charge on any atom is 0.0723 e. The first kappa shape index (κ1) is 12.7. The molecule has 0 fully saturated rings. The Morgan fingerprint density at radius 2 is 2.08 bits per heavy atom. The number of allylic oxidation sites excluding steroid dienone is 1. The molecule has 78 valence electrons. The fourth-order valence-corrected chi connectivity index (χ4v) is 1.44. The average molecular weight is 185 g/mol. The SMILES string of the molecule is C=CCCC(O)C(C)(CC)N(C)C. The molecule has 0 aromatic heterocycles. The first-order chi connectivity index (χ1) is 5.99. The fraction of sp³-hybridized carbons (Fsp3) is 0.818. The maximum absolute atomic E-state index is 9.98. The molecule has 0 aliphatic heterocycles. The third kappa shape index (κ3) is 3.12. The highest BCUT2D eigenvalue weighted by atomic mass is 16.3. The summed E-state index contributed by atoms with van der Waals surface area (Å²) >= 11 is 0. The summed E-state index contributed by atoms with van der Waals surface area (Å²) in [5.74, 6) is 0. The van der Waals surface area contributed by atoms with Gasteiger partial charge in [-0.15, -0.1) is 6.58 Å². The largest absolute Gasteiger partial charge is 0.391 e. The predicted octanol–water partition coefficient (Wildman–Crippen LogP) is 2.04. The van der Waals surface area contributed by atoms with E-state index in [1.54, 1.807) is 0 Å². The normalized spacial score (nSPS) is 18.3. The van der Waals surface area contributed by atoms with E-state index in [9.17, 15) is 5.11 Å². The molecule has 0 saturated carbocycles. The Kier molecular flexibility index (Phi) is 5.26. The van der Waals surface area contributed by atoms with E-state index in [1.165, 1.54) is 0 Å². The highest BCUT2D eigenvalue weighted by Gasteiger charge is 2.32. The molecule has 0 rings (SSSR count). The summed E-state index contributed by atoms with van der Waals surface area (Å²) < 4.78 is 0. The van der Waals surface area contributed by atoms with E-state index in [2.05, 4.69) is 25.3 Å². The minimum atomic E-state index is -0.273. The van der Waals surface area contributed by atoms with Crippen LogP contribution >= 0.6 is 0 Å². The summed E-state index contributed by atoms with van der Waals surface area (Å²) in [6, 6.07) is 0. The third-order valence-electron chi connectivity index (χ3n) is 3.10. The van der Waals surface area contributed by atoms with Gasteiger partial charge in [-0.3, -0.25) is 0 Å². The fourth-order valence-electron chi connectivity index (χ4n) is 1.44. The Balaban J connectivity index is 4.28. The van der Waals surface area contributed by atoms with Crippen LogP contribution in [0.3, 0.4) is 0 Å². The summed E-state index contributed by atoms with van der Waals surface area (Å²) in [5.41, 5.74) is -0.108. The van der Waals surface area contributed by atoms with Gasteiger partial charge in [0.25, 0.3) is 0 Å². The van der Waals surface area contributed by atoms with Gasteiger partial charge in [0.15, 0.2) is 0 Å². The Bertz CT molecular complexity index is 156. The predicted molar refractivity (Wildman–Crippen MR) is 57.8 cm³/mol. The first-order valence-electron chi connectivity index (χ1n) is 4.95. The molecule has 0 amide bonds. The van der Waals surface area contributed by atoms with Crippen LogP contribution in [0.5, 0.6) is 0 Å². The van der Waals surface area contributed by atoms with Crippen molar-refractivity contribution < 1.29 is 5.11 Å². The third-order valence-corrected chi connectivity index (χ3v) is 3.10. The van der Waals surface area contributed by atoms with Crippen LogP contribution in [0.1, 0.15) is 33.1 Å². The average Bonchev–Trinajstić information content (AvgIpc) is 2.12. The molecule has 1 N–H and O–H groups in total. The molecule has 0 aromatic rings. The summed E-state index contributed by atoms with van der Waals surface area (Å²) in [6.07, 6.45) is 4.22. The molecule has 0 bridgehead atoms. The second-order valence-electron chi connectivity index (χ2n) is 3.99. The number of likely N-dealkylation sites (N-methyl/N-ethyl adjacent to an activating group) is 1. The van der Waals surface area contributed by atoms with Crippen LogP contribution < -0.4 is 0 Å². The molecule has 0 saturated heterocycles. The van der Waals surface area contributed by atoms with Crippen LogP contribution in [0.2, 0.25) is 0 Å². The number of aliphatic hydroxyl groups is 1. The molecule has 0 heterocycles. The van der Waals surface area contributed by atoms with Crippen molar-refractivity contribution in [3.63, 3.8) is 0 Å². The van der Waals surface area contributed by atoms with Crippen LogP contribution in [0.4, 0.5) is 0 Å². The van der Waals surface area contributed by atoms with Gasteiger partial charge >= 0.3 is 0 Å². The summed E-state index contributed by atoms with van der Waals surface area (Å²) in [4.78, 5) is 2.10. The van der Waals surface area contributed by atoms with Crippen molar-refractivity contribution in [3.8, 4) is 0 Å². The second-order valence-corrected chi connectivity index (χ2v) is 3.99. The Morgan fingerprint density at radius 1 is 1.54 bits per heavy atom. The van der Waals surface area contributed by atoms with Crippen molar-refractivity contribution in [1.29, 1.82) is 0 Å². The Labute approximate surface area is 82.3 Å². The molecule has 0 spiro atoms. The molecule has 2 heteroatoms. The van der Waals surface area contributed by atoms with Crippen molar-refractivity contribution in [2.45, 2.75) is 44.8 Å². The van der Waals surface area contributed by atoms with Gasteiger partial charge in [-0.2, -0.15) is 0 Å². The molecule has 2 nitrogen and oxygen atoms in total. The first-order valence-corrected chi connectivity index (χ1v) is 4.95. The van der Waals surface area contributed by atoms with E-state index in [1.807, 2.05) is 20.2 Å². The maximum atomic E-state index is 9.98. The van der Waals surface area contributed by atoms with Crippen molar-refractivity contribution in [1.82, 2.24) is 4.90 Å². The van der Waals surface area contributed by atoms with Gasteiger partial charge in [0, 0.05) is 5.54 Å². The molecule has 0 aromatic carbocycles. The molecule has 2 atom stereocenters. The molecule has 0 aliphatic carbocycles. The minimum Gasteiger partial charge on any atom is -0.391 e. The number of hydrogen-bond acceptors (Lipinski definition) is 2. The lowest BCUT2D eigenvalue weighted by Gasteiger charge is -2.39. The zero-order valence-electron chi connectivity index (χ0n) is 9.38. The van der Waals surface area contributed by atoms with E-state index in [4.69, 9.17) is 0 Å². The van der Waals surface area contributed by atoms with E-state index in [-0.39, 0.29) is 11.6 Å². The monoisotopic (exact) mass is 185 g/mol. The topological polar surface area (TPSA) is 23.5 Å². The highest BCUT2D eigenvalue weighted by molar-refractivity contribution is 4.90. The van der Waals surface area contributed by atoms with Gasteiger partial charge < -0.3 is 10.0 Å². The van der Waals surface area contributed by atoms with Crippen molar-refractivity contribution in [3.05, 3.63) is 12.7 Å². The van der Waals surface area contributed by atoms with Crippen molar-refractivity contribution in [2.75, 3.05) is 14.1 Å². The second kappa shape index (κ2) is 5.40. The van der Waals surface area contributed by atoms with Crippen LogP contribution in [0.25, 0.3) is 0 Å². The van der Waals surface area contributed by atoms with E-state index >= 15 is 0 Å². The number of rotatable bonds is 6. The smallest absolute Gasteiger partial charge is 0.0723 e. The molecular formula is C11H23NO. The van der Waals surface area contributed by atoms with Crippen LogP contribution in [-0.2, 0) is 0 Å². The molecular weight excluding hydrogens is 162 g/mol. The van der Waals surface area contributed by atoms with Crippen LogP contribution in [-0.4, -0.2) is 35.7 Å². The van der Waals surface area contributed by atoms with Crippen molar-refractivity contribution >= 4 is 0 Å². The molecule has 0 radical (unpaired) electrons. The Morgan fingerprint density at radius 3 is 2.38 bits per heavy atom. The van der Waals surface area contributed by atoms with Crippen molar-refractivity contribution in [2.24, 2.45) is 0 Å². The van der Waals surface area contributed by atoms with Gasteiger partial charge in [0.2, 0.25) is 0 Å². The standard InChI is InChI=1S/C11H23NO/c1-6-8-9-10(13)11(3,7-2)12(4)5/h6,10,13H,1,7-9H2,2-5H3. The van der Waals surface area contributed by atoms with Gasteiger partial charge in [0.05, 0.1) is 6.10 Å². The van der Waals surface area contributed by atoms with Gasteiger partial charge in [-0.25, -0.2) is 0 Å². The number of nitrogens with zero attached hydrogens (tertiary/aromatic N) is 1. The van der Waals surface area contributed by atoms with E-state index < -0.39 is 0 Å². The Hall–Kier alpha value is -0.340. The lowest BCUT2D eigenvalue weighted by atomic mass is 9.87. The van der Waals surface area contributed by atoms with Gasteiger partial charge in [0.1, 0.15) is 0 Å². The number of aliphatic hydroxyl groups excluding tert-OH is 1. The molecule has 0 aliphatic rings. The molecule has 13 heavy (non-hydrogen) atoms. The van der Waals surface area contributed by atoms with E-state index in [0.717, 1.165) is 19.3 Å². The lowest BCUT2D eigenvalue weighted by Crippen LogP contribution is -2.50. The van der Waals surface area contributed by atoms with Crippen LogP contribution in [0.15, 0.2) is 12.7 Å².